The zero-order valence-electron chi connectivity index (χ0n) is 15.4. The topological polar surface area (TPSA) is 84.2 Å². The maximum absolute atomic E-state index is 12.5. The molecule has 0 fully saturated rings. The van der Waals surface area contributed by atoms with Crippen LogP contribution < -0.4 is 16.4 Å². The highest BCUT2D eigenvalue weighted by Crippen LogP contribution is 2.19. The van der Waals surface area contributed by atoms with Gasteiger partial charge in [-0.1, -0.05) is 24.0 Å². The van der Waals surface area contributed by atoms with Crippen molar-refractivity contribution in [3.05, 3.63) is 89.0 Å². The lowest BCUT2D eigenvalue weighted by molar-refractivity contribution is 0.101. The molecule has 0 aromatic heterocycles. The largest absolute Gasteiger partial charge is 0.398 e. The van der Waals surface area contributed by atoms with Crippen molar-refractivity contribution in [2.75, 3.05) is 16.4 Å². The molecule has 0 heterocycles. The van der Waals surface area contributed by atoms with Crippen molar-refractivity contribution in [1.82, 2.24) is 0 Å². The highest BCUT2D eigenvalue weighted by Gasteiger charge is 2.14. The van der Waals surface area contributed by atoms with E-state index in [9.17, 15) is 9.59 Å². The number of amides is 2. The molecule has 29 heavy (non-hydrogen) atoms. The Hall–Kier alpha value is -4.48. The minimum Gasteiger partial charge on any atom is -0.398 e. The number of carbonyl (C=O) groups is 2. The maximum Gasteiger partial charge on any atom is 0.257 e. The number of benzene rings is 3. The molecule has 5 nitrogen and oxygen atoms in total. The van der Waals surface area contributed by atoms with Crippen molar-refractivity contribution in [3.63, 3.8) is 0 Å². The number of nitrogen functional groups attached to an aromatic ring is 1. The van der Waals surface area contributed by atoms with E-state index >= 15 is 0 Å². The van der Waals surface area contributed by atoms with Crippen LogP contribution in [0.1, 0.15) is 31.8 Å². The molecule has 0 atom stereocenters. The van der Waals surface area contributed by atoms with Crippen LogP contribution in [0.25, 0.3) is 0 Å². The van der Waals surface area contributed by atoms with E-state index in [0.29, 0.717) is 28.1 Å². The van der Waals surface area contributed by atoms with Gasteiger partial charge in [-0.25, -0.2) is 0 Å². The molecule has 2 amide bonds. The molecule has 0 spiro atoms. The fourth-order valence-corrected chi connectivity index (χ4v) is 2.69. The first kappa shape index (κ1) is 19.3. The Balaban J connectivity index is 1.75. The lowest BCUT2D eigenvalue weighted by Gasteiger charge is -2.10. The van der Waals surface area contributed by atoms with E-state index in [1.165, 1.54) is 18.2 Å². The Bertz CT molecular complexity index is 1180. The van der Waals surface area contributed by atoms with Crippen LogP contribution in [-0.2, 0) is 0 Å². The molecule has 0 aliphatic carbocycles. The standard InChI is InChI=1S/C24H17N3O2/c1-3-16-7-5-9-19(13-16)26-23(28)18-11-12-21(22(25)15-18)24(29)27-20-10-6-8-17(4-2)14-20/h1-2,5-15H,25H2,(H,26,28)(H,27,29). The summed E-state index contributed by atoms with van der Waals surface area (Å²) in [5.74, 6) is 4.26. The average molecular weight is 379 g/mol. The average Bonchev–Trinajstić information content (AvgIpc) is 2.73. The third-order valence-corrected chi connectivity index (χ3v) is 4.13. The predicted molar refractivity (Wildman–Crippen MR) is 116 cm³/mol. The first-order chi connectivity index (χ1) is 14.0. The zero-order valence-corrected chi connectivity index (χ0v) is 15.4. The summed E-state index contributed by atoms with van der Waals surface area (Å²) < 4.78 is 0. The molecule has 3 aromatic rings. The number of nitrogens with two attached hydrogens (primary N) is 1. The van der Waals surface area contributed by atoms with Crippen LogP contribution in [0.2, 0.25) is 0 Å². The van der Waals surface area contributed by atoms with E-state index in [1.54, 1.807) is 48.5 Å². The Labute approximate surface area is 168 Å². The van der Waals surface area contributed by atoms with Crippen molar-refractivity contribution in [2.45, 2.75) is 0 Å². The van der Waals surface area contributed by atoms with E-state index in [1.807, 2.05) is 0 Å². The number of anilines is 3. The highest BCUT2D eigenvalue weighted by atomic mass is 16.2. The summed E-state index contributed by atoms with van der Waals surface area (Å²) in [5, 5.41) is 5.49. The first-order valence-electron chi connectivity index (χ1n) is 8.66. The lowest BCUT2D eigenvalue weighted by Crippen LogP contribution is -2.16. The van der Waals surface area contributed by atoms with Gasteiger partial charge in [0.25, 0.3) is 11.8 Å². The van der Waals surface area contributed by atoms with Crippen molar-refractivity contribution in [3.8, 4) is 24.7 Å². The van der Waals surface area contributed by atoms with Crippen molar-refractivity contribution >= 4 is 28.9 Å². The Morgan fingerprint density at radius 1 is 0.759 bits per heavy atom. The van der Waals surface area contributed by atoms with Crippen LogP contribution in [0.3, 0.4) is 0 Å². The van der Waals surface area contributed by atoms with Gasteiger partial charge in [-0.3, -0.25) is 9.59 Å². The second kappa shape index (κ2) is 8.47. The van der Waals surface area contributed by atoms with Gasteiger partial charge in [-0.15, -0.1) is 12.8 Å². The summed E-state index contributed by atoms with van der Waals surface area (Å²) in [6.45, 7) is 0. The summed E-state index contributed by atoms with van der Waals surface area (Å²) in [4.78, 5) is 25.0. The number of hydrogen-bond donors (Lipinski definition) is 3. The highest BCUT2D eigenvalue weighted by molar-refractivity contribution is 6.10. The van der Waals surface area contributed by atoms with Gasteiger partial charge < -0.3 is 16.4 Å². The summed E-state index contributed by atoms with van der Waals surface area (Å²) in [6.07, 6.45) is 10.7. The summed E-state index contributed by atoms with van der Waals surface area (Å²) >= 11 is 0. The van der Waals surface area contributed by atoms with E-state index < -0.39 is 5.91 Å². The first-order valence-corrected chi connectivity index (χ1v) is 8.66. The molecule has 3 rings (SSSR count). The zero-order chi connectivity index (χ0) is 20.8. The van der Waals surface area contributed by atoms with E-state index in [4.69, 9.17) is 18.6 Å². The Kier molecular flexibility index (Phi) is 5.64. The number of carbonyl (C=O) groups excluding carboxylic acids is 2. The minimum absolute atomic E-state index is 0.181. The minimum atomic E-state index is -0.398. The normalized spacial score (nSPS) is 9.72. The molecule has 0 aliphatic rings. The van der Waals surface area contributed by atoms with Gasteiger partial charge in [0.1, 0.15) is 0 Å². The van der Waals surface area contributed by atoms with Gasteiger partial charge in [0, 0.05) is 33.8 Å². The Morgan fingerprint density at radius 3 is 1.83 bits per heavy atom. The smallest absolute Gasteiger partial charge is 0.257 e. The van der Waals surface area contributed by atoms with Gasteiger partial charge in [0.15, 0.2) is 0 Å². The van der Waals surface area contributed by atoms with Crippen molar-refractivity contribution < 1.29 is 9.59 Å². The fourth-order valence-electron chi connectivity index (χ4n) is 2.69. The molecule has 3 aromatic carbocycles. The monoisotopic (exact) mass is 379 g/mol. The molecule has 0 aliphatic heterocycles. The predicted octanol–water partition coefficient (Wildman–Crippen LogP) is 3.74. The number of terminal acetylenes is 2. The molecule has 140 valence electrons. The van der Waals surface area contributed by atoms with Crippen molar-refractivity contribution in [1.29, 1.82) is 0 Å². The van der Waals surface area contributed by atoms with Crippen LogP contribution in [0.4, 0.5) is 17.1 Å². The molecular weight excluding hydrogens is 362 g/mol. The number of hydrogen-bond acceptors (Lipinski definition) is 3. The van der Waals surface area contributed by atoms with Gasteiger partial charge in [-0.2, -0.15) is 0 Å². The van der Waals surface area contributed by atoms with Crippen LogP contribution in [0.15, 0.2) is 66.7 Å². The maximum atomic E-state index is 12.5. The second-order valence-corrected chi connectivity index (χ2v) is 6.16. The summed E-state index contributed by atoms with van der Waals surface area (Å²) in [7, 11) is 0. The quantitative estimate of drug-likeness (QED) is 0.477. The van der Waals surface area contributed by atoms with Crippen LogP contribution in [0.5, 0.6) is 0 Å². The van der Waals surface area contributed by atoms with Gasteiger partial charge in [0.2, 0.25) is 0 Å². The Morgan fingerprint density at radius 2 is 1.31 bits per heavy atom. The van der Waals surface area contributed by atoms with Crippen molar-refractivity contribution in [2.24, 2.45) is 0 Å². The molecule has 0 saturated carbocycles. The SMILES string of the molecule is C#Cc1cccc(NC(=O)c2ccc(C(=O)Nc3cccc(C#C)c3)c(N)c2)c1. The van der Waals surface area contributed by atoms with E-state index in [2.05, 4.69) is 22.5 Å². The van der Waals surface area contributed by atoms with Gasteiger partial charge in [0.05, 0.1) is 5.56 Å². The van der Waals surface area contributed by atoms with E-state index in [-0.39, 0.29) is 17.2 Å². The lowest BCUT2D eigenvalue weighted by atomic mass is 10.1. The summed E-state index contributed by atoms with van der Waals surface area (Å²) in [5.41, 5.74) is 9.19. The molecular formula is C24H17N3O2. The number of nitrogens with one attached hydrogen (secondary N) is 2. The number of rotatable bonds is 4. The fraction of sp³-hybridized carbons (Fsp3) is 0. The van der Waals surface area contributed by atoms with Crippen LogP contribution >= 0.6 is 0 Å². The molecule has 0 radical (unpaired) electrons. The molecule has 0 saturated heterocycles. The van der Waals surface area contributed by atoms with Crippen LogP contribution in [-0.4, -0.2) is 11.8 Å². The molecule has 0 unspecified atom stereocenters. The summed E-state index contributed by atoms with van der Waals surface area (Å²) in [6, 6.07) is 18.3. The second-order valence-electron chi connectivity index (χ2n) is 6.16. The molecule has 5 heteroatoms. The molecule has 0 bridgehead atoms. The third-order valence-electron chi connectivity index (χ3n) is 4.13. The van der Waals surface area contributed by atoms with Gasteiger partial charge >= 0.3 is 0 Å². The van der Waals surface area contributed by atoms with E-state index in [0.717, 1.165) is 0 Å². The molecule has 4 N–H and O–H groups in total. The van der Waals surface area contributed by atoms with Crippen LogP contribution in [0, 0.1) is 24.7 Å². The van der Waals surface area contributed by atoms with Gasteiger partial charge in [-0.05, 0) is 54.6 Å². The third kappa shape index (κ3) is 4.63.